The van der Waals surface area contributed by atoms with Gasteiger partial charge in [-0.15, -0.1) is 0 Å². The van der Waals surface area contributed by atoms with Crippen LogP contribution in [0, 0.1) is 6.92 Å². The van der Waals surface area contributed by atoms with Crippen LogP contribution in [0.15, 0.2) is 66.7 Å². The molecule has 1 aromatic heterocycles. The molecular weight excluding hydrogens is 348 g/mol. The van der Waals surface area contributed by atoms with Gasteiger partial charge in [-0.1, -0.05) is 36.4 Å². The van der Waals surface area contributed by atoms with Crippen LogP contribution in [-0.2, 0) is 0 Å². The van der Waals surface area contributed by atoms with Crippen molar-refractivity contribution in [3.63, 3.8) is 0 Å². The van der Waals surface area contributed by atoms with E-state index in [2.05, 4.69) is 4.98 Å². The number of aromatic nitrogens is 2. The first-order valence-electron chi connectivity index (χ1n) is 8.13. The predicted molar refractivity (Wildman–Crippen MR) is 103 cm³/mol. The molecule has 0 amide bonds. The van der Waals surface area contributed by atoms with Crippen molar-refractivity contribution >= 4 is 28.6 Å². The molecule has 0 aliphatic heterocycles. The van der Waals surface area contributed by atoms with Crippen molar-refractivity contribution in [2.75, 3.05) is 0 Å². The molecule has 0 fully saturated rings. The van der Waals surface area contributed by atoms with Crippen LogP contribution in [-0.4, -0.2) is 20.6 Å². The SMILES string of the molecule is Cc1cc(-n2c(Cl)nc3ccccc32)ccc1-c1ccccc1C(=O)O. The van der Waals surface area contributed by atoms with Crippen molar-refractivity contribution in [3.05, 3.63) is 83.1 Å². The highest BCUT2D eigenvalue weighted by atomic mass is 35.5. The quantitative estimate of drug-likeness (QED) is 0.534. The summed E-state index contributed by atoms with van der Waals surface area (Å²) in [7, 11) is 0. The normalized spacial score (nSPS) is 11.0. The lowest BCUT2D eigenvalue weighted by atomic mass is 9.95. The number of imidazole rings is 1. The Labute approximate surface area is 155 Å². The van der Waals surface area contributed by atoms with E-state index in [9.17, 15) is 9.90 Å². The summed E-state index contributed by atoms with van der Waals surface area (Å²) < 4.78 is 1.89. The van der Waals surface area contributed by atoms with Gasteiger partial charge >= 0.3 is 5.97 Å². The fraction of sp³-hybridized carbons (Fsp3) is 0.0476. The number of halogens is 1. The molecule has 1 N–H and O–H groups in total. The first kappa shape index (κ1) is 16.4. The molecule has 0 saturated carbocycles. The zero-order valence-corrected chi connectivity index (χ0v) is 14.7. The van der Waals surface area contributed by atoms with E-state index in [1.165, 1.54) is 0 Å². The van der Waals surface area contributed by atoms with Crippen LogP contribution in [0.5, 0.6) is 0 Å². The van der Waals surface area contributed by atoms with Crippen molar-refractivity contribution in [2.24, 2.45) is 0 Å². The highest BCUT2D eigenvalue weighted by Crippen LogP contribution is 2.31. The van der Waals surface area contributed by atoms with Gasteiger partial charge in [0.15, 0.2) is 0 Å². The maximum atomic E-state index is 11.5. The van der Waals surface area contributed by atoms with Crippen molar-refractivity contribution in [1.82, 2.24) is 9.55 Å². The molecule has 4 nitrogen and oxygen atoms in total. The topological polar surface area (TPSA) is 55.1 Å². The molecule has 0 unspecified atom stereocenters. The molecule has 3 aromatic carbocycles. The Balaban J connectivity index is 1.87. The summed E-state index contributed by atoms with van der Waals surface area (Å²) >= 11 is 6.35. The molecule has 1 heterocycles. The van der Waals surface area contributed by atoms with E-state index in [0.29, 0.717) is 10.8 Å². The van der Waals surface area contributed by atoms with Crippen molar-refractivity contribution in [2.45, 2.75) is 6.92 Å². The van der Waals surface area contributed by atoms with E-state index in [4.69, 9.17) is 11.6 Å². The number of rotatable bonds is 3. The van der Waals surface area contributed by atoms with E-state index < -0.39 is 5.97 Å². The summed E-state index contributed by atoms with van der Waals surface area (Å²) in [6, 6.07) is 20.6. The molecule has 4 rings (SSSR count). The number of para-hydroxylation sites is 2. The zero-order valence-electron chi connectivity index (χ0n) is 14.0. The Morgan fingerprint density at radius 1 is 1.00 bits per heavy atom. The molecule has 4 aromatic rings. The van der Waals surface area contributed by atoms with E-state index >= 15 is 0 Å². The highest BCUT2D eigenvalue weighted by molar-refractivity contribution is 6.29. The average Bonchev–Trinajstić information content (AvgIpc) is 2.97. The van der Waals surface area contributed by atoms with Gasteiger partial charge in [-0.3, -0.25) is 4.57 Å². The Morgan fingerprint density at radius 2 is 1.73 bits per heavy atom. The van der Waals surface area contributed by atoms with E-state index in [0.717, 1.165) is 27.8 Å². The first-order chi connectivity index (χ1) is 12.6. The van der Waals surface area contributed by atoms with Gasteiger partial charge in [0, 0.05) is 5.69 Å². The molecule has 0 atom stereocenters. The van der Waals surface area contributed by atoms with Crippen LogP contribution in [0.3, 0.4) is 0 Å². The predicted octanol–water partition coefficient (Wildman–Crippen LogP) is 5.35. The minimum atomic E-state index is -0.937. The second kappa shape index (κ2) is 6.32. The van der Waals surface area contributed by atoms with Gasteiger partial charge in [-0.2, -0.15) is 0 Å². The van der Waals surface area contributed by atoms with E-state index in [1.807, 2.05) is 66.1 Å². The smallest absolute Gasteiger partial charge is 0.336 e. The fourth-order valence-corrected chi connectivity index (χ4v) is 3.52. The van der Waals surface area contributed by atoms with Crippen molar-refractivity contribution in [1.29, 1.82) is 0 Å². The Bertz CT molecular complexity index is 1150. The summed E-state index contributed by atoms with van der Waals surface area (Å²) in [5.41, 5.74) is 5.47. The average molecular weight is 363 g/mol. The van der Waals surface area contributed by atoms with Gasteiger partial charge in [0.05, 0.1) is 16.6 Å². The summed E-state index contributed by atoms with van der Waals surface area (Å²) in [6.45, 7) is 1.96. The number of fused-ring (bicyclic) bond motifs is 1. The standard InChI is InChI=1S/C21H15ClN2O2/c1-13-12-14(24-19-9-5-4-8-18(19)23-21(24)22)10-11-15(13)16-6-2-3-7-17(16)20(25)26/h2-12H,1H3,(H,25,26). The van der Waals surface area contributed by atoms with Gasteiger partial charge in [0.2, 0.25) is 5.28 Å². The lowest BCUT2D eigenvalue weighted by Crippen LogP contribution is -2.01. The van der Waals surface area contributed by atoms with E-state index in [1.54, 1.807) is 12.1 Å². The fourth-order valence-electron chi connectivity index (χ4n) is 3.24. The molecule has 0 aliphatic rings. The molecule has 26 heavy (non-hydrogen) atoms. The van der Waals surface area contributed by atoms with Crippen molar-refractivity contribution in [3.8, 4) is 16.8 Å². The number of nitrogens with zero attached hydrogens (tertiary/aromatic N) is 2. The van der Waals surface area contributed by atoms with Crippen molar-refractivity contribution < 1.29 is 9.90 Å². The van der Waals surface area contributed by atoms with Crippen LogP contribution in [0.2, 0.25) is 5.28 Å². The minimum absolute atomic E-state index is 0.287. The minimum Gasteiger partial charge on any atom is -0.478 e. The molecule has 0 bridgehead atoms. The number of hydrogen-bond acceptors (Lipinski definition) is 2. The first-order valence-corrected chi connectivity index (χ1v) is 8.51. The second-order valence-corrected chi connectivity index (χ2v) is 6.39. The molecular formula is C21H15ClN2O2. The Hall–Kier alpha value is -3.11. The third kappa shape index (κ3) is 2.65. The largest absolute Gasteiger partial charge is 0.478 e. The van der Waals surface area contributed by atoms with Crippen LogP contribution in [0.1, 0.15) is 15.9 Å². The Kier molecular flexibility index (Phi) is 3.98. The monoisotopic (exact) mass is 362 g/mol. The summed E-state index contributed by atoms with van der Waals surface area (Å²) in [4.78, 5) is 15.9. The number of aromatic carboxylic acids is 1. The van der Waals surface area contributed by atoms with Gasteiger partial charge < -0.3 is 5.11 Å². The number of benzene rings is 3. The third-order valence-corrected chi connectivity index (χ3v) is 4.69. The van der Waals surface area contributed by atoms with Crippen LogP contribution in [0.25, 0.3) is 27.8 Å². The number of aryl methyl sites for hydroxylation is 1. The van der Waals surface area contributed by atoms with Crippen LogP contribution in [0.4, 0.5) is 0 Å². The maximum Gasteiger partial charge on any atom is 0.336 e. The molecule has 5 heteroatoms. The van der Waals surface area contributed by atoms with Crippen LogP contribution < -0.4 is 0 Å². The zero-order chi connectivity index (χ0) is 18.3. The van der Waals surface area contributed by atoms with Crippen LogP contribution >= 0.6 is 11.6 Å². The summed E-state index contributed by atoms with van der Waals surface area (Å²) in [5.74, 6) is -0.937. The van der Waals surface area contributed by atoms with E-state index in [-0.39, 0.29) is 5.56 Å². The summed E-state index contributed by atoms with van der Waals surface area (Å²) in [6.07, 6.45) is 0. The highest BCUT2D eigenvalue weighted by Gasteiger charge is 2.15. The van der Waals surface area contributed by atoms with Gasteiger partial charge in [0.25, 0.3) is 0 Å². The summed E-state index contributed by atoms with van der Waals surface area (Å²) in [5, 5.41) is 9.84. The number of carboxylic acids is 1. The molecule has 0 spiro atoms. The number of hydrogen-bond donors (Lipinski definition) is 1. The molecule has 128 valence electrons. The Morgan fingerprint density at radius 3 is 2.50 bits per heavy atom. The lowest BCUT2D eigenvalue weighted by molar-refractivity contribution is 0.0697. The molecule has 0 saturated heterocycles. The molecule has 0 aliphatic carbocycles. The number of carbonyl (C=O) groups is 1. The number of carboxylic acid groups (broad SMARTS) is 1. The third-order valence-electron chi connectivity index (χ3n) is 4.44. The van der Waals surface area contributed by atoms with Gasteiger partial charge in [-0.05, 0) is 65.5 Å². The van der Waals surface area contributed by atoms with Gasteiger partial charge in [-0.25, -0.2) is 9.78 Å². The lowest BCUT2D eigenvalue weighted by Gasteiger charge is -2.13. The molecule has 0 radical (unpaired) electrons. The van der Waals surface area contributed by atoms with Gasteiger partial charge in [0.1, 0.15) is 0 Å². The second-order valence-electron chi connectivity index (χ2n) is 6.05. The maximum absolute atomic E-state index is 11.5.